The summed E-state index contributed by atoms with van der Waals surface area (Å²) in [6.45, 7) is 0. The van der Waals surface area contributed by atoms with Gasteiger partial charge in [-0.25, -0.2) is 0 Å². The Morgan fingerprint density at radius 3 is 1.92 bits per heavy atom. The minimum atomic E-state index is 0.910. The first kappa shape index (κ1) is 27.6. The van der Waals surface area contributed by atoms with Crippen molar-refractivity contribution in [3.8, 4) is 33.6 Å². The van der Waals surface area contributed by atoms with Crippen molar-refractivity contribution in [3.05, 3.63) is 170 Å². The van der Waals surface area contributed by atoms with Gasteiger partial charge < -0.3 is 13.6 Å². The summed E-state index contributed by atoms with van der Waals surface area (Å²) < 4.78 is 11.7. The lowest BCUT2D eigenvalue weighted by Gasteiger charge is -2.13. The van der Waals surface area contributed by atoms with E-state index in [1.807, 2.05) is 0 Å². The van der Waals surface area contributed by atoms with Crippen LogP contribution >= 0.6 is 0 Å². The highest BCUT2D eigenvalue weighted by Gasteiger charge is 2.26. The summed E-state index contributed by atoms with van der Waals surface area (Å²) in [7, 11) is 0. The van der Waals surface area contributed by atoms with Crippen molar-refractivity contribution in [1.29, 1.82) is 0 Å². The van der Waals surface area contributed by atoms with Crippen LogP contribution in [0.5, 0.6) is 0 Å². The number of furan rings is 1. The molecule has 0 atom stereocenters. The molecule has 0 aliphatic heterocycles. The molecule has 3 aromatic heterocycles. The Morgan fingerprint density at radius 2 is 1.02 bits per heavy atom. The lowest BCUT2D eigenvalue weighted by atomic mass is 10.0. The Balaban J connectivity index is 1.23. The van der Waals surface area contributed by atoms with Crippen molar-refractivity contribution in [1.82, 2.24) is 9.13 Å². The second kappa shape index (κ2) is 9.81. The first-order valence-corrected chi connectivity index (χ1v) is 18.3. The largest absolute Gasteiger partial charge is 0.455 e. The van der Waals surface area contributed by atoms with Crippen LogP contribution in [0, 0.1) is 0 Å². The van der Waals surface area contributed by atoms with Crippen LogP contribution in [0.3, 0.4) is 0 Å². The summed E-state index contributed by atoms with van der Waals surface area (Å²) >= 11 is 0. The summed E-state index contributed by atoms with van der Waals surface area (Å²) in [5.74, 6) is 0. The molecule has 0 saturated carbocycles. The second-order valence-corrected chi connectivity index (χ2v) is 14.5. The molecule has 13 rings (SSSR count). The second-order valence-electron chi connectivity index (χ2n) is 14.5. The molecule has 0 unspecified atom stereocenters. The molecule has 3 heterocycles. The smallest absolute Gasteiger partial charge is 0.145 e. The topological polar surface area (TPSA) is 23.0 Å². The van der Waals surface area contributed by atoms with E-state index in [1.165, 1.54) is 76.5 Å². The lowest BCUT2D eigenvalue weighted by Crippen LogP contribution is -1.96. The predicted octanol–water partition coefficient (Wildman–Crippen LogP) is 13.7. The van der Waals surface area contributed by atoms with Gasteiger partial charge >= 0.3 is 0 Å². The zero-order valence-electron chi connectivity index (χ0n) is 28.5. The monoisotopic (exact) mass is 672 g/mol. The number of fused-ring (bicyclic) bond motifs is 15. The van der Waals surface area contributed by atoms with Crippen molar-refractivity contribution in [2.24, 2.45) is 0 Å². The molecule has 3 nitrogen and oxygen atoms in total. The number of nitrogens with zero attached hydrogens (tertiary/aromatic N) is 2. The maximum Gasteiger partial charge on any atom is 0.145 e. The highest BCUT2D eigenvalue weighted by Crippen LogP contribution is 2.50. The Hall–Kier alpha value is -7.10. The van der Waals surface area contributed by atoms with Crippen LogP contribution in [0.25, 0.3) is 121 Å². The molecular weight excluding hydrogens is 645 g/mol. The van der Waals surface area contributed by atoms with Gasteiger partial charge in [-0.05, 0) is 104 Å². The van der Waals surface area contributed by atoms with Gasteiger partial charge in [0.25, 0.3) is 0 Å². The fourth-order valence-corrected chi connectivity index (χ4v) is 9.61. The minimum Gasteiger partial charge on any atom is -0.455 e. The number of rotatable bonds is 2. The molecule has 9 aromatic carbocycles. The van der Waals surface area contributed by atoms with Crippen molar-refractivity contribution < 1.29 is 4.42 Å². The summed E-state index contributed by atoms with van der Waals surface area (Å²) in [6.07, 6.45) is 0. The van der Waals surface area contributed by atoms with Crippen molar-refractivity contribution >= 4 is 87.1 Å². The molecule has 0 amide bonds. The van der Waals surface area contributed by atoms with Gasteiger partial charge in [-0.2, -0.15) is 0 Å². The maximum absolute atomic E-state index is 6.79. The van der Waals surface area contributed by atoms with E-state index in [0.29, 0.717) is 0 Å². The highest BCUT2D eigenvalue weighted by atomic mass is 16.3. The predicted molar refractivity (Wildman–Crippen MR) is 222 cm³/mol. The van der Waals surface area contributed by atoms with Crippen LogP contribution in [0.4, 0.5) is 0 Å². The van der Waals surface area contributed by atoms with E-state index in [-0.39, 0.29) is 0 Å². The molecule has 1 aliphatic rings. The van der Waals surface area contributed by atoms with Crippen LogP contribution in [-0.2, 0) is 0 Å². The Labute approximate surface area is 303 Å². The zero-order chi connectivity index (χ0) is 34.4. The normalized spacial score (nSPS) is 12.5. The Kier molecular flexibility index (Phi) is 5.11. The van der Waals surface area contributed by atoms with E-state index in [9.17, 15) is 0 Å². The average molecular weight is 673 g/mol. The van der Waals surface area contributed by atoms with Crippen LogP contribution < -0.4 is 0 Å². The summed E-state index contributed by atoms with van der Waals surface area (Å²) in [5, 5.41) is 12.1. The summed E-state index contributed by atoms with van der Waals surface area (Å²) in [4.78, 5) is 0. The highest BCUT2D eigenvalue weighted by molar-refractivity contribution is 6.31. The fourth-order valence-electron chi connectivity index (χ4n) is 9.61. The number of benzene rings is 9. The summed E-state index contributed by atoms with van der Waals surface area (Å²) in [5.41, 5.74) is 14.0. The molecule has 3 heteroatoms. The van der Waals surface area contributed by atoms with Gasteiger partial charge in [-0.15, -0.1) is 0 Å². The minimum absolute atomic E-state index is 0.910. The van der Waals surface area contributed by atoms with Gasteiger partial charge in [0.15, 0.2) is 0 Å². The Morgan fingerprint density at radius 1 is 0.340 bits per heavy atom. The number of hydrogen-bond donors (Lipinski definition) is 0. The van der Waals surface area contributed by atoms with Gasteiger partial charge in [0.2, 0.25) is 0 Å². The quantitative estimate of drug-likeness (QED) is 0.179. The third kappa shape index (κ3) is 3.49. The van der Waals surface area contributed by atoms with E-state index < -0.39 is 0 Å². The standard InChI is InChI=1S/C50H28N2O/c1-2-11-30-26-32(21-20-29(30)10-1)51-42-18-7-5-16-39(42)47-43(51)25-23-40-48-44(24-22-38-36-15-6-8-19-45(36)53-50(38)48)52(49(40)47)33-27-31-12-9-17-37-34-13-3-4-14-35(34)41(28-33)46(31)37/h1-28H. The first-order chi connectivity index (χ1) is 26.3. The number of aromatic nitrogens is 2. The van der Waals surface area contributed by atoms with Gasteiger partial charge in [-0.1, -0.05) is 109 Å². The molecule has 0 spiro atoms. The molecule has 0 N–H and O–H groups in total. The van der Waals surface area contributed by atoms with Gasteiger partial charge in [0.05, 0.1) is 27.5 Å². The SMILES string of the molecule is c1ccc2c(c1)-c1cccc3cc(-n4c5ccc6c7ccccc7oc6c5c5ccc6c(c7ccccc7n6-c6ccc7ccccc7c6)c54)cc-2c13. The van der Waals surface area contributed by atoms with E-state index >= 15 is 0 Å². The maximum atomic E-state index is 6.79. The molecular formula is C50H28N2O. The molecule has 0 bridgehead atoms. The van der Waals surface area contributed by atoms with E-state index in [2.05, 4.69) is 179 Å². The van der Waals surface area contributed by atoms with Crippen molar-refractivity contribution in [3.63, 3.8) is 0 Å². The van der Waals surface area contributed by atoms with E-state index in [0.717, 1.165) is 44.2 Å². The lowest BCUT2D eigenvalue weighted by molar-refractivity contribution is 0.673. The molecule has 1 aliphatic carbocycles. The van der Waals surface area contributed by atoms with Gasteiger partial charge in [0.1, 0.15) is 11.2 Å². The van der Waals surface area contributed by atoms with Crippen LogP contribution in [0.2, 0.25) is 0 Å². The molecule has 0 fully saturated rings. The first-order valence-electron chi connectivity index (χ1n) is 18.3. The van der Waals surface area contributed by atoms with Crippen LogP contribution in [0.1, 0.15) is 0 Å². The fraction of sp³-hybridized carbons (Fsp3) is 0. The van der Waals surface area contributed by atoms with Crippen LogP contribution in [0.15, 0.2) is 174 Å². The molecule has 0 radical (unpaired) electrons. The van der Waals surface area contributed by atoms with E-state index in [4.69, 9.17) is 4.42 Å². The van der Waals surface area contributed by atoms with E-state index in [1.54, 1.807) is 0 Å². The summed E-state index contributed by atoms with van der Waals surface area (Å²) in [6, 6.07) is 62.3. The average Bonchev–Trinajstić information content (AvgIpc) is 3.95. The third-order valence-corrected chi connectivity index (χ3v) is 11.8. The molecule has 12 aromatic rings. The molecule has 0 saturated heterocycles. The molecule has 244 valence electrons. The van der Waals surface area contributed by atoms with Gasteiger partial charge in [0, 0.05) is 38.3 Å². The number of para-hydroxylation sites is 2. The Bertz CT molecular complexity index is 3570. The van der Waals surface area contributed by atoms with Crippen LogP contribution in [-0.4, -0.2) is 9.13 Å². The number of hydrogen-bond acceptors (Lipinski definition) is 1. The van der Waals surface area contributed by atoms with Crippen molar-refractivity contribution in [2.45, 2.75) is 0 Å². The molecule has 53 heavy (non-hydrogen) atoms. The zero-order valence-corrected chi connectivity index (χ0v) is 28.5. The van der Waals surface area contributed by atoms with Crippen molar-refractivity contribution in [2.75, 3.05) is 0 Å². The third-order valence-electron chi connectivity index (χ3n) is 11.8. The van der Waals surface area contributed by atoms with Gasteiger partial charge in [-0.3, -0.25) is 0 Å².